The quantitative estimate of drug-likeness (QED) is 0.478. The Balaban J connectivity index is 1.40. The first-order valence-electron chi connectivity index (χ1n) is 14.3. The van der Waals surface area contributed by atoms with Crippen LogP contribution in [0.2, 0.25) is 0 Å². The second-order valence-corrected chi connectivity index (χ2v) is 15.1. The molecule has 4 heteroatoms. The Bertz CT molecular complexity index is 902. The summed E-state index contributed by atoms with van der Waals surface area (Å²) in [6.45, 7) is 14.5. The molecule has 2 N–H and O–H groups in total. The highest BCUT2D eigenvalue weighted by Gasteiger charge is 2.74. The van der Waals surface area contributed by atoms with Gasteiger partial charge in [-0.05, 0) is 117 Å². The van der Waals surface area contributed by atoms with E-state index in [-0.39, 0.29) is 39.8 Å². The zero-order valence-electron chi connectivity index (χ0n) is 22.5. The van der Waals surface area contributed by atoms with Crippen molar-refractivity contribution in [2.24, 2.45) is 56.7 Å². The summed E-state index contributed by atoms with van der Waals surface area (Å²) in [6, 6.07) is 0. The normalized spacial score (nSPS) is 62.6. The molecular weight excluding hydrogens is 424 g/mol. The van der Waals surface area contributed by atoms with Crippen LogP contribution < -0.4 is 0 Å². The van der Waals surface area contributed by atoms with Crippen LogP contribution in [-0.4, -0.2) is 34.5 Å². The van der Waals surface area contributed by atoms with Gasteiger partial charge >= 0.3 is 5.97 Å². The molecule has 5 saturated carbocycles. The van der Waals surface area contributed by atoms with Crippen LogP contribution in [0.25, 0.3) is 0 Å². The largest absolute Gasteiger partial charge is 0.459 e. The van der Waals surface area contributed by atoms with Crippen molar-refractivity contribution in [1.29, 1.82) is 0 Å². The van der Waals surface area contributed by atoms with Gasteiger partial charge in [-0.1, -0.05) is 34.6 Å². The van der Waals surface area contributed by atoms with E-state index in [1.54, 1.807) is 0 Å². The molecule has 0 aromatic rings. The van der Waals surface area contributed by atoms with Crippen LogP contribution in [0.4, 0.5) is 0 Å². The van der Waals surface area contributed by atoms with Gasteiger partial charge in [0.05, 0.1) is 18.1 Å². The minimum Gasteiger partial charge on any atom is -0.459 e. The third kappa shape index (κ3) is 2.42. The maximum absolute atomic E-state index is 13.4. The van der Waals surface area contributed by atoms with Crippen molar-refractivity contribution in [3.8, 4) is 0 Å². The fraction of sp³-hybridized carbons (Fsp3) is 0.967. The van der Waals surface area contributed by atoms with E-state index < -0.39 is 11.5 Å². The third-order valence-electron chi connectivity index (χ3n) is 14.5. The molecule has 192 valence electrons. The molecule has 0 radical (unpaired) electrons. The fourth-order valence-electron chi connectivity index (χ4n) is 12.1. The van der Waals surface area contributed by atoms with Crippen LogP contribution >= 0.6 is 0 Å². The lowest BCUT2D eigenvalue weighted by molar-refractivity contribution is -0.291. The van der Waals surface area contributed by atoms with Gasteiger partial charge in [-0.15, -0.1) is 0 Å². The number of rotatable bonds is 1. The van der Waals surface area contributed by atoms with Gasteiger partial charge in [0.25, 0.3) is 0 Å². The lowest BCUT2D eigenvalue weighted by Crippen LogP contribution is -2.72. The molecular formula is C30H48O4. The Morgan fingerprint density at radius 2 is 1.56 bits per heavy atom. The van der Waals surface area contributed by atoms with Gasteiger partial charge in [-0.2, -0.15) is 0 Å². The summed E-state index contributed by atoms with van der Waals surface area (Å²) >= 11 is 0. The van der Waals surface area contributed by atoms with Gasteiger partial charge in [0.15, 0.2) is 0 Å². The highest BCUT2D eigenvalue weighted by Crippen LogP contribution is 2.78. The lowest BCUT2D eigenvalue weighted by atomic mass is 9.30. The SMILES string of the molecule is C[C@H]1[C@@H]2[C@H]3CC[C@@H]4[C@@]5(C)CC[C@H](O)[C@@](C)(CO)[C@@H]5CC[C@@]4(C)[C@]3(C)CC[C@@]23CC[C@]1(C)OC3=O. The van der Waals surface area contributed by atoms with E-state index in [1.165, 1.54) is 19.3 Å². The van der Waals surface area contributed by atoms with Crippen LogP contribution in [0.3, 0.4) is 0 Å². The first-order chi connectivity index (χ1) is 15.8. The number of carbonyl (C=O) groups excluding carboxylic acids is 1. The van der Waals surface area contributed by atoms with Crippen molar-refractivity contribution in [2.75, 3.05) is 6.61 Å². The average Bonchev–Trinajstić information content (AvgIpc) is 2.79. The summed E-state index contributed by atoms with van der Waals surface area (Å²) in [4.78, 5) is 13.4. The van der Waals surface area contributed by atoms with Crippen LogP contribution in [0.5, 0.6) is 0 Å². The Hall–Kier alpha value is -0.610. The van der Waals surface area contributed by atoms with Crippen molar-refractivity contribution >= 4 is 5.97 Å². The maximum atomic E-state index is 13.4. The maximum Gasteiger partial charge on any atom is 0.312 e. The molecule has 0 aromatic heterocycles. The molecule has 0 aromatic carbocycles. The molecule has 7 aliphatic rings. The molecule has 2 bridgehead atoms. The smallest absolute Gasteiger partial charge is 0.312 e. The van der Waals surface area contributed by atoms with E-state index in [9.17, 15) is 15.0 Å². The predicted molar refractivity (Wildman–Crippen MR) is 132 cm³/mol. The summed E-state index contributed by atoms with van der Waals surface area (Å²) in [5, 5.41) is 21.4. The minimum absolute atomic E-state index is 0.0839. The number of fused-ring (bicyclic) bond motifs is 7. The molecule has 2 aliphatic heterocycles. The van der Waals surface area contributed by atoms with Crippen molar-refractivity contribution in [1.82, 2.24) is 0 Å². The third-order valence-corrected chi connectivity index (χ3v) is 14.5. The number of aliphatic hydroxyl groups is 2. The van der Waals surface area contributed by atoms with Crippen molar-refractivity contribution in [3.63, 3.8) is 0 Å². The Morgan fingerprint density at radius 1 is 0.853 bits per heavy atom. The monoisotopic (exact) mass is 472 g/mol. The van der Waals surface area contributed by atoms with E-state index in [1.807, 2.05) is 0 Å². The molecule has 0 amide bonds. The minimum atomic E-state index is -0.396. The number of esters is 1. The molecule has 34 heavy (non-hydrogen) atoms. The van der Waals surface area contributed by atoms with Gasteiger partial charge in [-0.3, -0.25) is 4.79 Å². The standard InChI is InChI=1S/C30H48O4/c1-18-23-19-7-8-21-25(2)11-10-22(32)26(3,17-31)20(25)9-12-28(21,5)27(19,4)13-15-30(23)16-14-29(18,6)34-24(30)33/h18-23,31-32H,7-17H2,1-6H3/t18-,19+,20+,21+,22-,23+,25-,26-,27+,28+,29-,30+/m0/s1. The highest BCUT2D eigenvalue weighted by atomic mass is 16.6. The molecule has 4 nitrogen and oxygen atoms in total. The predicted octanol–water partition coefficient (Wildman–Crippen LogP) is 5.74. The molecule has 0 unspecified atom stereocenters. The molecule has 7 fully saturated rings. The fourth-order valence-corrected chi connectivity index (χ4v) is 12.1. The lowest BCUT2D eigenvalue weighted by Gasteiger charge is -2.75. The van der Waals surface area contributed by atoms with E-state index in [0.717, 1.165) is 44.9 Å². The Labute approximate surface area is 206 Å². The van der Waals surface area contributed by atoms with Crippen LogP contribution in [0, 0.1) is 56.7 Å². The van der Waals surface area contributed by atoms with Crippen LogP contribution in [-0.2, 0) is 9.53 Å². The number of aliphatic hydroxyl groups excluding tert-OH is 2. The number of hydrogen-bond acceptors (Lipinski definition) is 4. The highest BCUT2D eigenvalue weighted by molar-refractivity contribution is 5.80. The molecule has 2 saturated heterocycles. The number of hydrogen-bond donors (Lipinski definition) is 2. The van der Waals surface area contributed by atoms with E-state index >= 15 is 0 Å². The summed E-state index contributed by atoms with van der Waals surface area (Å²) in [7, 11) is 0. The zero-order valence-corrected chi connectivity index (χ0v) is 22.5. The second-order valence-electron chi connectivity index (χ2n) is 15.1. The topological polar surface area (TPSA) is 66.8 Å². The summed E-state index contributed by atoms with van der Waals surface area (Å²) in [5.41, 5.74) is -0.287. The van der Waals surface area contributed by atoms with Crippen molar-refractivity contribution in [2.45, 2.75) is 117 Å². The summed E-state index contributed by atoms with van der Waals surface area (Å²) in [6.07, 6.45) is 10.4. The van der Waals surface area contributed by atoms with Crippen molar-refractivity contribution < 1.29 is 19.7 Å². The Morgan fingerprint density at radius 3 is 2.24 bits per heavy atom. The first kappa shape index (κ1) is 23.8. The molecule has 5 aliphatic carbocycles. The summed E-state index contributed by atoms with van der Waals surface area (Å²) < 4.78 is 6.14. The van der Waals surface area contributed by atoms with Gasteiger partial charge in [0.1, 0.15) is 5.60 Å². The van der Waals surface area contributed by atoms with Gasteiger partial charge in [-0.25, -0.2) is 0 Å². The average molecular weight is 473 g/mol. The van der Waals surface area contributed by atoms with E-state index in [2.05, 4.69) is 41.5 Å². The molecule has 12 atom stereocenters. The zero-order chi connectivity index (χ0) is 24.5. The number of carbonyl (C=O) groups is 1. The van der Waals surface area contributed by atoms with E-state index in [0.29, 0.717) is 29.6 Å². The van der Waals surface area contributed by atoms with Crippen LogP contribution in [0.1, 0.15) is 106 Å². The van der Waals surface area contributed by atoms with Gasteiger partial charge < -0.3 is 14.9 Å². The van der Waals surface area contributed by atoms with E-state index in [4.69, 9.17) is 4.74 Å². The summed E-state index contributed by atoms with van der Waals surface area (Å²) in [5.74, 6) is 2.58. The second kappa shape index (κ2) is 6.82. The molecule has 1 spiro atoms. The number of ether oxygens (including phenoxy) is 1. The van der Waals surface area contributed by atoms with Gasteiger partial charge in [0, 0.05) is 5.41 Å². The molecule has 2 heterocycles. The first-order valence-corrected chi connectivity index (χ1v) is 14.3. The van der Waals surface area contributed by atoms with Crippen LogP contribution in [0.15, 0.2) is 0 Å². The van der Waals surface area contributed by atoms with Crippen molar-refractivity contribution in [3.05, 3.63) is 0 Å². The molecule has 7 rings (SSSR count). The van der Waals surface area contributed by atoms with Gasteiger partial charge in [0.2, 0.25) is 0 Å². The Kier molecular flexibility index (Phi) is 4.77.